The minimum atomic E-state index is -0.816. The fourth-order valence-electron chi connectivity index (χ4n) is 0.982. The first-order valence-electron chi connectivity index (χ1n) is 4.52. The molecule has 0 bridgehead atoms. The Labute approximate surface area is 93.4 Å². The predicted molar refractivity (Wildman–Crippen MR) is 60.6 cm³/mol. The van der Waals surface area contributed by atoms with E-state index in [2.05, 4.69) is 0 Å². The SMILES string of the molecule is COc1ccc(SC(C)(C)C(=O)O)cc1. The highest BCUT2D eigenvalue weighted by atomic mass is 32.2. The lowest BCUT2D eigenvalue weighted by Crippen LogP contribution is -2.26. The molecule has 3 nitrogen and oxygen atoms in total. The Hall–Kier alpha value is -1.16. The second kappa shape index (κ2) is 4.57. The van der Waals surface area contributed by atoms with Gasteiger partial charge in [0.25, 0.3) is 0 Å². The summed E-state index contributed by atoms with van der Waals surface area (Å²) in [5, 5.41) is 8.96. The summed E-state index contributed by atoms with van der Waals surface area (Å²) >= 11 is 1.32. The molecule has 4 heteroatoms. The highest BCUT2D eigenvalue weighted by Crippen LogP contribution is 2.33. The van der Waals surface area contributed by atoms with Gasteiger partial charge >= 0.3 is 5.97 Å². The molecule has 1 aromatic rings. The summed E-state index contributed by atoms with van der Waals surface area (Å²) in [6.45, 7) is 3.37. The molecule has 0 aliphatic heterocycles. The van der Waals surface area contributed by atoms with Gasteiger partial charge in [-0.05, 0) is 38.1 Å². The van der Waals surface area contributed by atoms with Crippen LogP contribution in [0.5, 0.6) is 5.75 Å². The van der Waals surface area contributed by atoms with Crippen molar-refractivity contribution in [2.24, 2.45) is 0 Å². The molecule has 0 aromatic heterocycles. The van der Waals surface area contributed by atoms with Crippen molar-refractivity contribution in [1.82, 2.24) is 0 Å². The lowest BCUT2D eigenvalue weighted by Gasteiger charge is -2.18. The van der Waals surface area contributed by atoms with Gasteiger partial charge in [-0.1, -0.05) is 0 Å². The third kappa shape index (κ3) is 3.16. The Kier molecular flexibility index (Phi) is 3.63. The summed E-state index contributed by atoms with van der Waals surface area (Å²) < 4.78 is 4.21. The maximum atomic E-state index is 10.9. The molecular weight excluding hydrogens is 212 g/mol. The molecule has 1 aromatic carbocycles. The maximum absolute atomic E-state index is 10.9. The van der Waals surface area contributed by atoms with Crippen LogP contribution in [0.2, 0.25) is 0 Å². The number of aliphatic carboxylic acids is 1. The van der Waals surface area contributed by atoms with E-state index in [1.807, 2.05) is 24.3 Å². The van der Waals surface area contributed by atoms with Gasteiger partial charge in [-0.25, -0.2) is 0 Å². The van der Waals surface area contributed by atoms with Gasteiger partial charge < -0.3 is 9.84 Å². The quantitative estimate of drug-likeness (QED) is 0.802. The zero-order chi connectivity index (χ0) is 11.5. The first-order valence-corrected chi connectivity index (χ1v) is 5.34. The first-order chi connectivity index (χ1) is 6.95. The summed E-state index contributed by atoms with van der Waals surface area (Å²) in [5.74, 6) is -0.0456. The average molecular weight is 226 g/mol. The van der Waals surface area contributed by atoms with E-state index in [1.54, 1.807) is 21.0 Å². The monoisotopic (exact) mass is 226 g/mol. The smallest absolute Gasteiger partial charge is 0.319 e. The number of carboxylic acid groups (broad SMARTS) is 1. The number of hydrogen-bond donors (Lipinski definition) is 1. The van der Waals surface area contributed by atoms with Crippen LogP contribution in [0, 0.1) is 0 Å². The van der Waals surface area contributed by atoms with Crippen LogP contribution in [0.15, 0.2) is 29.2 Å². The van der Waals surface area contributed by atoms with Crippen LogP contribution in [0.25, 0.3) is 0 Å². The van der Waals surface area contributed by atoms with E-state index in [4.69, 9.17) is 9.84 Å². The Morgan fingerprint density at radius 1 is 1.33 bits per heavy atom. The van der Waals surface area contributed by atoms with Gasteiger partial charge in [-0.2, -0.15) is 0 Å². The summed E-state index contributed by atoms with van der Waals surface area (Å²) in [6, 6.07) is 7.35. The molecule has 0 saturated carbocycles. The number of hydrogen-bond acceptors (Lipinski definition) is 3. The molecule has 82 valence electrons. The number of carbonyl (C=O) groups is 1. The van der Waals surface area contributed by atoms with Crippen molar-refractivity contribution in [2.75, 3.05) is 7.11 Å². The van der Waals surface area contributed by atoms with E-state index in [1.165, 1.54) is 11.8 Å². The van der Waals surface area contributed by atoms with Crippen LogP contribution in [0.1, 0.15) is 13.8 Å². The minimum absolute atomic E-state index is 0.771. The van der Waals surface area contributed by atoms with E-state index >= 15 is 0 Å². The standard InChI is InChI=1S/C11H14O3S/c1-11(2,10(12)13)15-9-6-4-8(14-3)5-7-9/h4-7H,1-3H3,(H,12,13). The molecule has 0 fully saturated rings. The highest BCUT2D eigenvalue weighted by molar-refractivity contribution is 8.01. The Morgan fingerprint density at radius 3 is 2.27 bits per heavy atom. The molecule has 0 aliphatic rings. The number of methoxy groups -OCH3 is 1. The second-order valence-corrected chi connectivity index (χ2v) is 5.29. The molecule has 0 unspecified atom stereocenters. The summed E-state index contributed by atoms with van der Waals surface area (Å²) in [5.41, 5.74) is 0. The third-order valence-electron chi connectivity index (χ3n) is 1.95. The molecule has 0 atom stereocenters. The molecule has 1 rings (SSSR count). The number of ether oxygens (including phenoxy) is 1. The Balaban J connectivity index is 2.77. The van der Waals surface area contributed by atoms with Gasteiger partial charge in [0.1, 0.15) is 10.5 Å². The van der Waals surface area contributed by atoms with Crippen molar-refractivity contribution >= 4 is 17.7 Å². The fourth-order valence-corrected chi connectivity index (χ4v) is 1.93. The summed E-state index contributed by atoms with van der Waals surface area (Å²) in [7, 11) is 1.60. The van der Waals surface area contributed by atoms with Crippen molar-refractivity contribution in [1.29, 1.82) is 0 Å². The normalized spacial score (nSPS) is 11.1. The second-order valence-electron chi connectivity index (χ2n) is 3.59. The van der Waals surface area contributed by atoms with Crippen molar-refractivity contribution in [3.05, 3.63) is 24.3 Å². The Morgan fingerprint density at radius 2 is 1.87 bits per heavy atom. The lowest BCUT2D eigenvalue weighted by atomic mass is 10.2. The number of benzene rings is 1. The van der Waals surface area contributed by atoms with Crippen molar-refractivity contribution in [3.63, 3.8) is 0 Å². The van der Waals surface area contributed by atoms with Crippen LogP contribution in [-0.2, 0) is 4.79 Å². The van der Waals surface area contributed by atoms with Gasteiger partial charge in [-0.15, -0.1) is 11.8 Å². The van der Waals surface area contributed by atoms with Crippen molar-refractivity contribution < 1.29 is 14.6 Å². The molecule has 15 heavy (non-hydrogen) atoms. The number of thioether (sulfide) groups is 1. The Bertz CT molecular complexity index is 343. The van der Waals surface area contributed by atoms with Gasteiger partial charge in [-0.3, -0.25) is 4.79 Å². The number of carboxylic acids is 1. The van der Waals surface area contributed by atoms with Crippen LogP contribution >= 0.6 is 11.8 Å². The van der Waals surface area contributed by atoms with E-state index in [9.17, 15) is 4.79 Å². The van der Waals surface area contributed by atoms with Crippen molar-refractivity contribution in [2.45, 2.75) is 23.5 Å². The van der Waals surface area contributed by atoms with E-state index < -0.39 is 10.7 Å². The van der Waals surface area contributed by atoms with Gasteiger partial charge in [0, 0.05) is 4.90 Å². The number of rotatable bonds is 4. The molecule has 0 radical (unpaired) electrons. The van der Waals surface area contributed by atoms with Crippen LogP contribution in [0.3, 0.4) is 0 Å². The molecular formula is C11H14O3S. The van der Waals surface area contributed by atoms with Crippen LogP contribution in [-0.4, -0.2) is 22.9 Å². The zero-order valence-corrected chi connectivity index (χ0v) is 9.80. The summed E-state index contributed by atoms with van der Waals surface area (Å²) in [4.78, 5) is 11.8. The van der Waals surface area contributed by atoms with Gasteiger partial charge in [0.2, 0.25) is 0 Å². The van der Waals surface area contributed by atoms with Crippen LogP contribution in [0.4, 0.5) is 0 Å². The van der Waals surface area contributed by atoms with Crippen molar-refractivity contribution in [3.8, 4) is 5.75 Å². The lowest BCUT2D eigenvalue weighted by molar-refractivity contribution is -0.138. The topological polar surface area (TPSA) is 46.5 Å². The van der Waals surface area contributed by atoms with E-state index in [-0.39, 0.29) is 0 Å². The molecule has 1 N–H and O–H groups in total. The predicted octanol–water partition coefficient (Wildman–Crippen LogP) is 2.65. The molecule has 0 spiro atoms. The maximum Gasteiger partial charge on any atom is 0.319 e. The van der Waals surface area contributed by atoms with Gasteiger partial charge in [0.05, 0.1) is 7.11 Å². The molecule has 0 saturated heterocycles. The highest BCUT2D eigenvalue weighted by Gasteiger charge is 2.28. The average Bonchev–Trinajstić information content (AvgIpc) is 2.18. The summed E-state index contributed by atoms with van der Waals surface area (Å²) in [6.07, 6.45) is 0. The third-order valence-corrected chi connectivity index (χ3v) is 3.14. The fraction of sp³-hybridized carbons (Fsp3) is 0.364. The molecule has 0 aliphatic carbocycles. The zero-order valence-electron chi connectivity index (χ0n) is 8.98. The largest absolute Gasteiger partial charge is 0.497 e. The van der Waals surface area contributed by atoms with Crippen LogP contribution < -0.4 is 4.74 Å². The minimum Gasteiger partial charge on any atom is -0.497 e. The van der Waals surface area contributed by atoms with E-state index in [0.29, 0.717) is 0 Å². The van der Waals surface area contributed by atoms with Gasteiger partial charge in [0.15, 0.2) is 0 Å². The van der Waals surface area contributed by atoms with E-state index in [0.717, 1.165) is 10.6 Å². The molecule has 0 amide bonds. The first kappa shape index (κ1) is 11.9. The molecule has 0 heterocycles.